The molecule has 0 unspecified atom stereocenters. The van der Waals surface area contributed by atoms with Gasteiger partial charge in [-0.15, -0.1) is 0 Å². The lowest BCUT2D eigenvalue weighted by molar-refractivity contribution is 0.144. The summed E-state index contributed by atoms with van der Waals surface area (Å²) in [7, 11) is 0. The molecule has 1 fully saturated rings. The lowest BCUT2D eigenvalue weighted by Crippen LogP contribution is -2.34. The minimum absolute atomic E-state index is 0.433. The van der Waals surface area contributed by atoms with E-state index >= 15 is 0 Å². The van der Waals surface area contributed by atoms with Crippen molar-refractivity contribution in [2.75, 3.05) is 13.1 Å². The molecular weight excluding hydrogens is 284 g/mol. The first-order chi connectivity index (χ1) is 11.4. The predicted octanol–water partition coefficient (Wildman–Crippen LogP) is 5.20. The summed E-state index contributed by atoms with van der Waals surface area (Å²) >= 11 is 0. The third-order valence-electron chi connectivity index (χ3n) is 4.53. The van der Waals surface area contributed by atoms with Crippen LogP contribution in [-0.2, 0) is 0 Å². The highest BCUT2D eigenvalue weighted by Gasteiger charge is 2.26. The van der Waals surface area contributed by atoms with E-state index in [1.807, 2.05) is 42.6 Å². The molecule has 3 nitrogen and oxygen atoms in total. The monoisotopic (exact) mass is 310 g/mol. The minimum Gasteiger partial charge on any atom is -0.439 e. The lowest BCUT2D eigenvalue weighted by Gasteiger charge is -2.36. The average Bonchev–Trinajstić information content (AvgIpc) is 2.62. The number of nitrogens with zero attached hydrogens (tertiary/aromatic N) is 2. The highest BCUT2D eigenvalue weighted by atomic mass is 16.5. The van der Waals surface area contributed by atoms with Crippen molar-refractivity contribution in [3.8, 4) is 11.6 Å². The Morgan fingerprint density at radius 2 is 2.00 bits per heavy atom. The summed E-state index contributed by atoms with van der Waals surface area (Å²) in [6.07, 6.45) is 8.10. The molecule has 122 valence electrons. The second-order valence-corrected chi connectivity index (χ2v) is 6.21. The summed E-state index contributed by atoms with van der Waals surface area (Å²) in [5.41, 5.74) is 1.23. The summed E-state index contributed by atoms with van der Waals surface area (Å²) < 4.78 is 6.08. The Hall–Kier alpha value is -1.87. The Morgan fingerprint density at radius 3 is 2.83 bits per heavy atom. The maximum absolute atomic E-state index is 6.08. The van der Waals surface area contributed by atoms with Crippen LogP contribution in [-0.4, -0.2) is 23.0 Å². The zero-order chi connectivity index (χ0) is 15.9. The Bertz CT molecular complexity index is 600. The van der Waals surface area contributed by atoms with Gasteiger partial charge in [-0.2, -0.15) is 0 Å². The van der Waals surface area contributed by atoms with Gasteiger partial charge in [0.25, 0.3) is 0 Å². The van der Waals surface area contributed by atoms with E-state index in [1.165, 1.54) is 50.8 Å². The lowest BCUT2D eigenvalue weighted by atomic mass is 9.95. The van der Waals surface area contributed by atoms with Gasteiger partial charge in [0.2, 0.25) is 5.88 Å². The molecule has 2 aromatic rings. The maximum Gasteiger partial charge on any atom is 0.223 e. The zero-order valence-electron chi connectivity index (χ0n) is 13.9. The normalized spacial score (nSPS) is 18.7. The van der Waals surface area contributed by atoms with Crippen molar-refractivity contribution in [2.24, 2.45) is 0 Å². The van der Waals surface area contributed by atoms with E-state index in [0.29, 0.717) is 6.04 Å². The van der Waals surface area contributed by atoms with Crippen molar-refractivity contribution in [3.05, 3.63) is 54.2 Å². The molecule has 3 rings (SSSR count). The van der Waals surface area contributed by atoms with E-state index in [4.69, 9.17) is 4.74 Å². The quantitative estimate of drug-likeness (QED) is 0.733. The van der Waals surface area contributed by atoms with Gasteiger partial charge in [0.15, 0.2) is 0 Å². The Kier molecular flexibility index (Phi) is 5.65. The van der Waals surface area contributed by atoms with Crippen LogP contribution in [0.3, 0.4) is 0 Å². The standard InChI is InChI=1S/C20H26N2O/c1-2-3-15-22-16-8-7-13-19(22)18-12-9-14-21-20(18)23-17-10-5-4-6-11-17/h4-6,9-12,14,19H,2-3,7-8,13,15-16H2,1H3/t19-/m0/s1. The fourth-order valence-corrected chi connectivity index (χ4v) is 3.31. The van der Waals surface area contributed by atoms with Gasteiger partial charge in [-0.3, -0.25) is 4.90 Å². The average molecular weight is 310 g/mol. The minimum atomic E-state index is 0.433. The van der Waals surface area contributed by atoms with Crippen LogP contribution in [0.4, 0.5) is 0 Å². The maximum atomic E-state index is 6.08. The van der Waals surface area contributed by atoms with Gasteiger partial charge in [-0.1, -0.05) is 44.0 Å². The summed E-state index contributed by atoms with van der Waals surface area (Å²) in [4.78, 5) is 7.13. The number of likely N-dealkylation sites (tertiary alicyclic amines) is 1. The second kappa shape index (κ2) is 8.11. The molecule has 0 N–H and O–H groups in total. The molecule has 1 aliphatic heterocycles. The number of piperidine rings is 1. The number of hydrogen-bond acceptors (Lipinski definition) is 3. The summed E-state index contributed by atoms with van der Waals surface area (Å²) in [5.74, 6) is 1.61. The van der Waals surface area contributed by atoms with Crippen molar-refractivity contribution < 1.29 is 4.74 Å². The molecule has 0 amide bonds. The molecule has 0 aliphatic carbocycles. The summed E-state index contributed by atoms with van der Waals surface area (Å²) in [5, 5.41) is 0. The van der Waals surface area contributed by atoms with Gasteiger partial charge in [-0.05, 0) is 50.6 Å². The molecule has 1 atom stereocenters. The molecule has 0 saturated carbocycles. The highest BCUT2D eigenvalue weighted by Crippen LogP contribution is 2.36. The van der Waals surface area contributed by atoms with Gasteiger partial charge in [0.05, 0.1) is 0 Å². The van der Waals surface area contributed by atoms with Crippen LogP contribution < -0.4 is 4.74 Å². The van der Waals surface area contributed by atoms with Crippen molar-refractivity contribution >= 4 is 0 Å². The SMILES string of the molecule is CCCCN1CCCC[C@H]1c1cccnc1Oc1ccccc1. The van der Waals surface area contributed by atoms with Crippen LogP contribution in [0, 0.1) is 0 Å². The van der Waals surface area contributed by atoms with Crippen molar-refractivity contribution in [3.63, 3.8) is 0 Å². The number of benzene rings is 1. The molecule has 1 aromatic heterocycles. The molecule has 2 heterocycles. The molecule has 3 heteroatoms. The van der Waals surface area contributed by atoms with Crippen LogP contribution in [0.5, 0.6) is 11.6 Å². The number of unbranched alkanes of at least 4 members (excludes halogenated alkanes) is 1. The van der Waals surface area contributed by atoms with Gasteiger partial charge >= 0.3 is 0 Å². The predicted molar refractivity (Wildman–Crippen MR) is 93.8 cm³/mol. The number of pyridine rings is 1. The van der Waals surface area contributed by atoms with Gasteiger partial charge in [0.1, 0.15) is 5.75 Å². The van der Waals surface area contributed by atoms with Gasteiger partial charge < -0.3 is 4.74 Å². The van der Waals surface area contributed by atoms with Crippen LogP contribution in [0.25, 0.3) is 0 Å². The zero-order valence-corrected chi connectivity index (χ0v) is 13.9. The number of para-hydroxylation sites is 1. The molecular formula is C20H26N2O. The fraction of sp³-hybridized carbons (Fsp3) is 0.450. The molecule has 1 aromatic carbocycles. The van der Waals surface area contributed by atoms with Crippen molar-refractivity contribution in [2.45, 2.75) is 45.1 Å². The van der Waals surface area contributed by atoms with Gasteiger partial charge in [0, 0.05) is 17.8 Å². The largest absolute Gasteiger partial charge is 0.439 e. The number of ether oxygens (including phenoxy) is 1. The third-order valence-corrected chi connectivity index (χ3v) is 4.53. The van der Waals surface area contributed by atoms with E-state index in [0.717, 1.165) is 11.6 Å². The topological polar surface area (TPSA) is 25.4 Å². The van der Waals surface area contributed by atoms with Crippen LogP contribution in [0.15, 0.2) is 48.7 Å². The second-order valence-electron chi connectivity index (χ2n) is 6.21. The molecule has 0 bridgehead atoms. The van der Waals surface area contributed by atoms with E-state index in [2.05, 4.69) is 22.9 Å². The highest BCUT2D eigenvalue weighted by molar-refractivity contribution is 5.34. The Morgan fingerprint density at radius 1 is 1.13 bits per heavy atom. The summed E-state index contributed by atoms with van der Waals surface area (Å²) in [6.45, 7) is 4.61. The summed E-state index contributed by atoms with van der Waals surface area (Å²) in [6, 6.07) is 14.6. The van der Waals surface area contributed by atoms with Crippen LogP contribution in [0.1, 0.15) is 50.6 Å². The van der Waals surface area contributed by atoms with Crippen LogP contribution >= 0.6 is 0 Å². The fourth-order valence-electron chi connectivity index (χ4n) is 3.31. The van der Waals surface area contributed by atoms with Crippen molar-refractivity contribution in [1.29, 1.82) is 0 Å². The number of hydrogen-bond donors (Lipinski definition) is 0. The first-order valence-electron chi connectivity index (χ1n) is 8.80. The number of rotatable bonds is 6. The Balaban J connectivity index is 1.83. The first-order valence-corrected chi connectivity index (χ1v) is 8.80. The first kappa shape index (κ1) is 16.0. The van der Waals surface area contributed by atoms with Crippen molar-refractivity contribution in [1.82, 2.24) is 9.88 Å². The Labute approximate surface area is 139 Å². The smallest absolute Gasteiger partial charge is 0.223 e. The van der Waals surface area contributed by atoms with Crippen LogP contribution in [0.2, 0.25) is 0 Å². The number of aromatic nitrogens is 1. The molecule has 1 saturated heterocycles. The molecule has 0 radical (unpaired) electrons. The molecule has 1 aliphatic rings. The van der Waals surface area contributed by atoms with Gasteiger partial charge in [-0.25, -0.2) is 4.98 Å². The van der Waals surface area contributed by atoms with E-state index in [9.17, 15) is 0 Å². The third kappa shape index (κ3) is 4.11. The van der Waals surface area contributed by atoms with E-state index in [-0.39, 0.29) is 0 Å². The molecule has 23 heavy (non-hydrogen) atoms. The molecule has 0 spiro atoms. The van der Waals surface area contributed by atoms with E-state index < -0.39 is 0 Å². The van der Waals surface area contributed by atoms with E-state index in [1.54, 1.807) is 0 Å².